The number of nitrogens with one attached hydrogen (secondary N) is 2. The highest BCUT2D eigenvalue weighted by Crippen LogP contribution is 2.39. The molecule has 0 spiro atoms. The number of benzene rings is 2. The van der Waals surface area contributed by atoms with E-state index in [1.54, 1.807) is 6.07 Å². The van der Waals surface area contributed by atoms with Crippen molar-refractivity contribution in [3.63, 3.8) is 0 Å². The maximum Gasteiger partial charge on any atom is 0.342 e. The first-order valence-electron chi connectivity index (χ1n) is 10.4. The SMILES string of the molecule is O=C(COC(=O)c1cccnc1Nc1ccccc1F)Nc1cc2c(cc1[N+](=O)[O-])OCCCO2. The summed E-state index contributed by atoms with van der Waals surface area (Å²) in [6, 6.07) is 11.2. The molecular weight excluding hydrogens is 463 g/mol. The molecule has 2 heterocycles. The van der Waals surface area contributed by atoms with Crippen molar-refractivity contribution >= 4 is 34.8 Å². The molecule has 3 aromatic rings. The zero-order chi connectivity index (χ0) is 24.8. The van der Waals surface area contributed by atoms with Crippen LogP contribution in [0.15, 0.2) is 54.7 Å². The predicted octanol–water partition coefficient (Wildman–Crippen LogP) is 3.83. The number of hydrogen-bond donors (Lipinski definition) is 2. The number of fused-ring (bicyclic) bond motifs is 1. The van der Waals surface area contributed by atoms with E-state index in [1.165, 1.54) is 48.7 Å². The number of nitro groups is 1. The van der Waals surface area contributed by atoms with Gasteiger partial charge in [-0.2, -0.15) is 0 Å². The van der Waals surface area contributed by atoms with Gasteiger partial charge in [0.25, 0.3) is 11.6 Å². The van der Waals surface area contributed by atoms with Gasteiger partial charge in [0, 0.05) is 18.7 Å². The predicted molar refractivity (Wildman–Crippen MR) is 122 cm³/mol. The number of nitrogens with zero attached hydrogens (tertiary/aromatic N) is 2. The fourth-order valence-corrected chi connectivity index (χ4v) is 3.20. The van der Waals surface area contributed by atoms with Gasteiger partial charge in [-0.15, -0.1) is 0 Å². The molecule has 0 radical (unpaired) electrons. The smallest absolute Gasteiger partial charge is 0.342 e. The Morgan fingerprint density at radius 2 is 1.83 bits per heavy atom. The van der Waals surface area contributed by atoms with Gasteiger partial charge in [-0.1, -0.05) is 12.1 Å². The van der Waals surface area contributed by atoms with Gasteiger partial charge in [0.1, 0.15) is 22.9 Å². The Morgan fingerprint density at radius 3 is 2.57 bits per heavy atom. The summed E-state index contributed by atoms with van der Waals surface area (Å²) < 4.78 is 30.0. The van der Waals surface area contributed by atoms with Crippen LogP contribution in [0.25, 0.3) is 0 Å². The Hall–Kier alpha value is -4.74. The molecule has 2 N–H and O–H groups in total. The second-order valence-electron chi connectivity index (χ2n) is 7.25. The molecule has 1 amide bonds. The normalized spacial score (nSPS) is 12.3. The third-order valence-corrected chi connectivity index (χ3v) is 4.83. The summed E-state index contributed by atoms with van der Waals surface area (Å²) in [7, 11) is 0. The fraction of sp³-hybridized carbons (Fsp3) is 0.174. The Kier molecular flexibility index (Phi) is 7.00. The third-order valence-electron chi connectivity index (χ3n) is 4.83. The number of carbonyl (C=O) groups excluding carboxylic acids is 2. The van der Waals surface area contributed by atoms with E-state index in [2.05, 4.69) is 15.6 Å². The molecule has 0 saturated carbocycles. The van der Waals surface area contributed by atoms with Crippen molar-refractivity contribution in [3.05, 3.63) is 76.2 Å². The second-order valence-corrected chi connectivity index (χ2v) is 7.25. The highest BCUT2D eigenvalue weighted by atomic mass is 19.1. The van der Waals surface area contributed by atoms with Crippen LogP contribution in [0.2, 0.25) is 0 Å². The lowest BCUT2D eigenvalue weighted by Crippen LogP contribution is -2.22. The summed E-state index contributed by atoms with van der Waals surface area (Å²) in [6.45, 7) is -0.0451. The molecule has 1 aliphatic heterocycles. The largest absolute Gasteiger partial charge is 0.489 e. The minimum Gasteiger partial charge on any atom is -0.489 e. The molecule has 0 atom stereocenters. The molecule has 1 aliphatic rings. The van der Waals surface area contributed by atoms with E-state index < -0.39 is 34.9 Å². The van der Waals surface area contributed by atoms with Crippen LogP contribution in [-0.2, 0) is 9.53 Å². The lowest BCUT2D eigenvalue weighted by atomic mass is 10.2. The van der Waals surface area contributed by atoms with E-state index >= 15 is 0 Å². The molecule has 2 aromatic carbocycles. The van der Waals surface area contributed by atoms with Gasteiger partial charge in [-0.05, 0) is 24.3 Å². The van der Waals surface area contributed by atoms with Crippen molar-refractivity contribution in [2.24, 2.45) is 0 Å². The number of hydrogen-bond acceptors (Lipinski definition) is 9. The molecule has 0 saturated heterocycles. The zero-order valence-electron chi connectivity index (χ0n) is 18.2. The number of amides is 1. The van der Waals surface area contributed by atoms with Crippen LogP contribution in [0.3, 0.4) is 0 Å². The quantitative estimate of drug-likeness (QED) is 0.292. The summed E-state index contributed by atoms with van der Waals surface area (Å²) in [6.07, 6.45) is 2.00. The van der Waals surface area contributed by atoms with Crippen LogP contribution in [0, 0.1) is 15.9 Å². The molecule has 0 fully saturated rings. The molecule has 0 unspecified atom stereocenters. The van der Waals surface area contributed by atoms with Crippen LogP contribution in [0.5, 0.6) is 11.5 Å². The number of ether oxygens (including phenoxy) is 3. The van der Waals surface area contributed by atoms with Crippen molar-refractivity contribution in [1.29, 1.82) is 0 Å². The maximum absolute atomic E-state index is 14.0. The van der Waals surface area contributed by atoms with Gasteiger partial charge in [-0.3, -0.25) is 14.9 Å². The summed E-state index contributed by atoms with van der Waals surface area (Å²) in [5.41, 5.74) is -0.481. The number of esters is 1. The second kappa shape index (κ2) is 10.5. The van der Waals surface area contributed by atoms with Crippen LogP contribution in [0.1, 0.15) is 16.8 Å². The van der Waals surface area contributed by atoms with E-state index in [1.807, 2.05) is 0 Å². The molecule has 180 valence electrons. The Balaban J connectivity index is 1.44. The van der Waals surface area contributed by atoms with Gasteiger partial charge in [-0.25, -0.2) is 14.2 Å². The molecule has 12 heteroatoms. The number of anilines is 3. The summed E-state index contributed by atoms with van der Waals surface area (Å²) >= 11 is 0. The highest BCUT2D eigenvalue weighted by molar-refractivity contribution is 5.99. The average molecular weight is 482 g/mol. The van der Waals surface area contributed by atoms with Crippen LogP contribution < -0.4 is 20.1 Å². The summed E-state index contributed by atoms with van der Waals surface area (Å²) in [5.74, 6) is -1.79. The number of halogens is 1. The molecule has 35 heavy (non-hydrogen) atoms. The van der Waals surface area contributed by atoms with E-state index in [4.69, 9.17) is 14.2 Å². The zero-order valence-corrected chi connectivity index (χ0v) is 18.2. The standard InChI is InChI=1S/C23H19FN4O7/c24-15-6-1-2-7-16(15)27-22-14(5-3-8-25-22)23(30)35-13-21(29)26-17-11-19-20(12-18(17)28(31)32)34-10-4-9-33-19/h1-3,5-8,11-12H,4,9-10,13H2,(H,25,27)(H,26,29). The monoisotopic (exact) mass is 482 g/mol. The minimum absolute atomic E-state index is 0.0292. The number of para-hydroxylation sites is 1. The topological polar surface area (TPSA) is 142 Å². The first kappa shape index (κ1) is 23.4. The molecule has 11 nitrogen and oxygen atoms in total. The van der Waals surface area contributed by atoms with E-state index in [-0.39, 0.29) is 34.3 Å². The average Bonchev–Trinajstić information content (AvgIpc) is 3.08. The van der Waals surface area contributed by atoms with Crippen LogP contribution in [0.4, 0.5) is 27.3 Å². The van der Waals surface area contributed by atoms with Crippen molar-refractivity contribution < 1.29 is 33.1 Å². The summed E-state index contributed by atoms with van der Waals surface area (Å²) in [4.78, 5) is 39.8. The van der Waals surface area contributed by atoms with Gasteiger partial charge in [0.2, 0.25) is 0 Å². The lowest BCUT2D eigenvalue weighted by Gasteiger charge is -2.12. The van der Waals surface area contributed by atoms with Gasteiger partial charge in [0.05, 0.1) is 29.9 Å². The number of aromatic nitrogens is 1. The third kappa shape index (κ3) is 5.61. The van der Waals surface area contributed by atoms with Crippen molar-refractivity contribution in [3.8, 4) is 11.5 Å². The molecule has 0 aliphatic carbocycles. The molecular formula is C23H19FN4O7. The number of carbonyl (C=O) groups is 2. The van der Waals surface area contributed by atoms with E-state index in [0.717, 1.165) is 0 Å². The van der Waals surface area contributed by atoms with Crippen LogP contribution >= 0.6 is 0 Å². The molecule has 0 bridgehead atoms. The Morgan fingerprint density at radius 1 is 1.09 bits per heavy atom. The highest BCUT2D eigenvalue weighted by Gasteiger charge is 2.24. The Labute approximate surface area is 198 Å². The van der Waals surface area contributed by atoms with E-state index in [9.17, 15) is 24.1 Å². The van der Waals surface area contributed by atoms with Gasteiger partial charge in [0.15, 0.2) is 18.1 Å². The first-order chi connectivity index (χ1) is 16.9. The molecule has 4 rings (SSSR count). The lowest BCUT2D eigenvalue weighted by molar-refractivity contribution is -0.384. The number of pyridine rings is 1. The minimum atomic E-state index is -0.903. The fourth-order valence-electron chi connectivity index (χ4n) is 3.20. The maximum atomic E-state index is 14.0. The number of rotatable bonds is 7. The van der Waals surface area contributed by atoms with E-state index in [0.29, 0.717) is 19.6 Å². The Bertz CT molecular complexity index is 1280. The van der Waals surface area contributed by atoms with Gasteiger partial charge < -0.3 is 24.8 Å². The molecule has 1 aromatic heterocycles. The van der Waals surface area contributed by atoms with Crippen molar-refractivity contribution in [2.75, 3.05) is 30.5 Å². The summed E-state index contributed by atoms with van der Waals surface area (Å²) in [5, 5.41) is 16.5. The van der Waals surface area contributed by atoms with Crippen molar-refractivity contribution in [1.82, 2.24) is 4.98 Å². The number of nitro benzene ring substituents is 1. The first-order valence-corrected chi connectivity index (χ1v) is 10.4. The van der Waals surface area contributed by atoms with Gasteiger partial charge >= 0.3 is 5.97 Å². The van der Waals surface area contributed by atoms with Crippen LogP contribution in [-0.4, -0.2) is 41.6 Å². The van der Waals surface area contributed by atoms with Crippen molar-refractivity contribution in [2.45, 2.75) is 6.42 Å².